The Kier molecular flexibility index (Phi) is 3.28. The molecule has 0 radical (unpaired) electrons. The van der Waals surface area contributed by atoms with Crippen molar-refractivity contribution in [2.75, 3.05) is 24.2 Å². The number of nitrogens with two attached hydrogens (primary N) is 1. The van der Waals surface area contributed by atoms with Gasteiger partial charge < -0.3 is 10.6 Å². The van der Waals surface area contributed by atoms with Crippen LogP contribution in [0.15, 0.2) is 18.2 Å². The van der Waals surface area contributed by atoms with Gasteiger partial charge in [0.2, 0.25) is 0 Å². The lowest BCUT2D eigenvalue weighted by atomic mass is 9.96. The van der Waals surface area contributed by atoms with Gasteiger partial charge in [0.05, 0.1) is 0 Å². The van der Waals surface area contributed by atoms with E-state index in [1.165, 1.54) is 5.69 Å². The molecule has 0 aliphatic heterocycles. The Morgan fingerprint density at radius 3 is 2.33 bits per heavy atom. The second-order valence-corrected chi connectivity index (χ2v) is 5.46. The van der Waals surface area contributed by atoms with Gasteiger partial charge in [-0.05, 0) is 36.1 Å². The van der Waals surface area contributed by atoms with E-state index >= 15 is 0 Å². The SMILES string of the molecule is Cc1cc(N(C)CC(C)(C)C)ccc1N. The molecule has 0 bridgehead atoms. The Morgan fingerprint density at radius 2 is 1.87 bits per heavy atom. The van der Waals surface area contributed by atoms with Crippen molar-refractivity contribution in [1.82, 2.24) is 0 Å². The van der Waals surface area contributed by atoms with Crippen LogP contribution < -0.4 is 10.6 Å². The average molecular weight is 206 g/mol. The number of hydrogen-bond donors (Lipinski definition) is 1. The first-order valence-electron chi connectivity index (χ1n) is 5.37. The summed E-state index contributed by atoms with van der Waals surface area (Å²) in [7, 11) is 2.12. The van der Waals surface area contributed by atoms with Crippen LogP contribution in [-0.2, 0) is 0 Å². The summed E-state index contributed by atoms with van der Waals surface area (Å²) in [5.41, 5.74) is 9.35. The molecule has 0 aliphatic carbocycles. The Balaban J connectivity index is 2.83. The predicted molar refractivity (Wildman–Crippen MR) is 68.3 cm³/mol. The molecule has 0 aliphatic rings. The highest BCUT2D eigenvalue weighted by molar-refractivity contribution is 5.57. The van der Waals surface area contributed by atoms with Crippen LogP contribution in [0.1, 0.15) is 26.3 Å². The van der Waals surface area contributed by atoms with Crippen molar-refractivity contribution in [3.05, 3.63) is 23.8 Å². The molecule has 0 spiro atoms. The Morgan fingerprint density at radius 1 is 1.27 bits per heavy atom. The first-order valence-corrected chi connectivity index (χ1v) is 5.37. The van der Waals surface area contributed by atoms with Gasteiger partial charge in [0.25, 0.3) is 0 Å². The van der Waals surface area contributed by atoms with Gasteiger partial charge >= 0.3 is 0 Å². The van der Waals surface area contributed by atoms with E-state index in [0.717, 1.165) is 17.8 Å². The van der Waals surface area contributed by atoms with Crippen LogP contribution in [0.2, 0.25) is 0 Å². The molecule has 0 aromatic heterocycles. The van der Waals surface area contributed by atoms with E-state index in [1.54, 1.807) is 0 Å². The zero-order valence-corrected chi connectivity index (χ0v) is 10.5. The molecule has 1 aromatic carbocycles. The molecule has 2 nitrogen and oxygen atoms in total. The number of aryl methyl sites for hydroxylation is 1. The third kappa shape index (κ3) is 3.46. The second-order valence-electron chi connectivity index (χ2n) is 5.46. The Bertz CT molecular complexity index is 337. The molecule has 15 heavy (non-hydrogen) atoms. The molecule has 2 N–H and O–H groups in total. The third-order valence-corrected chi connectivity index (χ3v) is 2.41. The number of hydrogen-bond acceptors (Lipinski definition) is 2. The number of nitrogens with zero attached hydrogens (tertiary/aromatic N) is 1. The standard InChI is InChI=1S/C13H22N2/c1-10-8-11(6-7-12(10)14)15(5)9-13(2,3)4/h6-8H,9,14H2,1-5H3. The quantitative estimate of drug-likeness (QED) is 0.754. The van der Waals surface area contributed by atoms with E-state index in [0.29, 0.717) is 5.41 Å². The van der Waals surface area contributed by atoms with Crippen LogP contribution in [0.5, 0.6) is 0 Å². The molecule has 0 saturated heterocycles. The summed E-state index contributed by atoms with van der Waals surface area (Å²) in [4.78, 5) is 2.27. The van der Waals surface area contributed by atoms with Crippen molar-refractivity contribution in [1.29, 1.82) is 0 Å². The van der Waals surface area contributed by atoms with Crippen LogP contribution in [0.25, 0.3) is 0 Å². The lowest BCUT2D eigenvalue weighted by Crippen LogP contribution is -2.29. The molecule has 84 valence electrons. The van der Waals surface area contributed by atoms with E-state index in [2.05, 4.69) is 44.9 Å². The van der Waals surface area contributed by atoms with E-state index in [-0.39, 0.29) is 0 Å². The van der Waals surface area contributed by atoms with Crippen molar-refractivity contribution < 1.29 is 0 Å². The fourth-order valence-electron chi connectivity index (χ4n) is 1.70. The van der Waals surface area contributed by atoms with Crippen molar-refractivity contribution >= 4 is 11.4 Å². The Hall–Kier alpha value is -1.18. The van der Waals surface area contributed by atoms with E-state index in [4.69, 9.17) is 5.73 Å². The summed E-state index contributed by atoms with van der Waals surface area (Å²) in [5.74, 6) is 0. The predicted octanol–water partition coefficient (Wildman–Crippen LogP) is 3.06. The molecule has 0 amide bonds. The number of nitrogen functional groups attached to an aromatic ring is 1. The highest BCUT2D eigenvalue weighted by Crippen LogP contribution is 2.23. The highest BCUT2D eigenvalue weighted by Gasteiger charge is 2.14. The minimum absolute atomic E-state index is 0.310. The van der Waals surface area contributed by atoms with Gasteiger partial charge in [-0.15, -0.1) is 0 Å². The van der Waals surface area contributed by atoms with E-state index in [9.17, 15) is 0 Å². The fraction of sp³-hybridized carbons (Fsp3) is 0.538. The molecule has 1 aromatic rings. The summed E-state index contributed by atoms with van der Waals surface area (Å²) in [6.07, 6.45) is 0. The largest absolute Gasteiger partial charge is 0.399 e. The summed E-state index contributed by atoms with van der Waals surface area (Å²) in [6.45, 7) is 9.81. The first-order chi connectivity index (χ1) is 6.79. The smallest absolute Gasteiger partial charge is 0.0367 e. The first kappa shape index (κ1) is 11.9. The van der Waals surface area contributed by atoms with Crippen LogP contribution >= 0.6 is 0 Å². The zero-order chi connectivity index (χ0) is 11.6. The van der Waals surface area contributed by atoms with Gasteiger partial charge in [-0.2, -0.15) is 0 Å². The molecule has 2 heteroatoms. The maximum atomic E-state index is 5.80. The molecule has 0 saturated carbocycles. The van der Waals surface area contributed by atoms with Gasteiger partial charge in [-0.25, -0.2) is 0 Å². The zero-order valence-electron chi connectivity index (χ0n) is 10.5. The Labute approximate surface area is 93.1 Å². The van der Waals surface area contributed by atoms with Crippen LogP contribution in [0.4, 0.5) is 11.4 Å². The molecule has 1 rings (SSSR count). The maximum Gasteiger partial charge on any atom is 0.0367 e. The van der Waals surface area contributed by atoms with E-state index < -0.39 is 0 Å². The topological polar surface area (TPSA) is 29.3 Å². The summed E-state index contributed by atoms with van der Waals surface area (Å²) >= 11 is 0. The number of anilines is 2. The average Bonchev–Trinajstić information content (AvgIpc) is 2.06. The molecule has 0 unspecified atom stereocenters. The number of benzene rings is 1. The number of rotatable bonds is 2. The van der Waals surface area contributed by atoms with Crippen molar-refractivity contribution in [3.8, 4) is 0 Å². The molecular weight excluding hydrogens is 184 g/mol. The monoisotopic (exact) mass is 206 g/mol. The summed E-state index contributed by atoms with van der Waals surface area (Å²) in [6, 6.07) is 6.19. The molecule has 0 fully saturated rings. The highest BCUT2D eigenvalue weighted by atomic mass is 15.1. The normalized spacial score (nSPS) is 11.5. The molecule has 0 atom stereocenters. The van der Waals surface area contributed by atoms with Crippen molar-refractivity contribution in [3.63, 3.8) is 0 Å². The van der Waals surface area contributed by atoms with Gasteiger partial charge in [0.15, 0.2) is 0 Å². The van der Waals surface area contributed by atoms with Gasteiger partial charge in [-0.3, -0.25) is 0 Å². The lowest BCUT2D eigenvalue weighted by Gasteiger charge is -2.28. The fourth-order valence-corrected chi connectivity index (χ4v) is 1.70. The van der Waals surface area contributed by atoms with Gasteiger partial charge in [0.1, 0.15) is 0 Å². The van der Waals surface area contributed by atoms with Crippen LogP contribution in [-0.4, -0.2) is 13.6 Å². The van der Waals surface area contributed by atoms with Crippen molar-refractivity contribution in [2.45, 2.75) is 27.7 Å². The van der Waals surface area contributed by atoms with Gasteiger partial charge in [0, 0.05) is 25.0 Å². The maximum absolute atomic E-state index is 5.80. The van der Waals surface area contributed by atoms with Crippen LogP contribution in [0.3, 0.4) is 0 Å². The van der Waals surface area contributed by atoms with Gasteiger partial charge in [-0.1, -0.05) is 20.8 Å². The minimum Gasteiger partial charge on any atom is -0.399 e. The molecule has 0 heterocycles. The van der Waals surface area contributed by atoms with Crippen molar-refractivity contribution in [2.24, 2.45) is 5.41 Å². The lowest BCUT2D eigenvalue weighted by molar-refractivity contribution is 0.419. The van der Waals surface area contributed by atoms with E-state index in [1.807, 2.05) is 13.0 Å². The molecular formula is C13H22N2. The second kappa shape index (κ2) is 4.13. The summed E-state index contributed by atoms with van der Waals surface area (Å²) in [5, 5.41) is 0. The van der Waals surface area contributed by atoms with Crippen LogP contribution in [0, 0.1) is 12.3 Å². The minimum atomic E-state index is 0.310. The third-order valence-electron chi connectivity index (χ3n) is 2.41. The summed E-state index contributed by atoms with van der Waals surface area (Å²) < 4.78 is 0.